The summed E-state index contributed by atoms with van der Waals surface area (Å²) in [6, 6.07) is 0. The van der Waals surface area contributed by atoms with E-state index < -0.39 is 0 Å². The van der Waals surface area contributed by atoms with Gasteiger partial charge in [0.05, 0.1) is 24.7 Å². The Balaban J connectivity index is 1.81. The van der Waals surface area contributed by atoms with Crippen LogP contribution in [0.1, 0.15) is 65.7 Å². The van der Waals surface area contributed by atoms with Crippen LogP contribution in [0.4, 0.5) is 0 Å². The molecule has 0 aromatic rings. The SMILES string of the molecule is C=C1CC[C@@H]2[C@](C)(CCC[C@]2(C)C(=O)OC)[C@H]1CC[C@]1(C)O[C@@H]1CO. The predicted octanol–water partition coefficient (Wildman–Crippen LogP) is 3.87. The minimum absolute atomic E-state index is 0.0142. The van der Waals surface area contributed by atoms with Gasteiger partial charge in [-0.25, -0.2) is 0 Å². The molecule has 1 aliphatic heterocycles. The van der Waals surface area contributed by atoms with Crippen molar-refractivity contribution in [3.05, 3.63) is 12.2 Å². The van der Waals surface area contributed by atoms with Gasteiger partial charge in [-0.1, -0.05) is 25.5 Å². The van der Waals surface area contributed by atoms with Crippen molar-refractivity contribution in [2.75, 3.05) is 13.7 Å². The van der Waals surface area contributed by atoms with Gasteiger partial charge in [0.25, 0.3) is 0 Å². The summed E-state index contributed by atoms with van der Waals surface area (Å²) >= 11 is 0. The highest BCUT2D eigenvalue weighted by Crippen LogP contribution is 2.62. The van der Waals surface area contributed by atoms with Crippen LogP contribution < -0.4 is 0 Å². The van der Waals surface area contributed by atoms with Gasteiger partial charge in [-0.2, -0.15) is 0 Å². The molecule has 3 rings (SSSR count). The average molecular weight is 350 g/mol. The molecule has 0 unspecified atom stereocenters. The number of aliphatic hydroxyl groups is 1. The van der Waals surface area contributed by atoms with Crippen LogP contribution in [-0.2, 0) is 14.3 Å². The van der Waals surface area contributed by atoms with Crippen molar-refractivity contribution in [1.29, 1.82) is 0 Å². The molecule has 2 aliphatic carbocycles. The highest BCUT2D eigenvalue weighted by molar-refractivity contribution is 5.77. The van der Waals surface area contributed by atoms with E-state index >= 15 is 0 Å². The standard InChI is InChI=1S/C21H34O4/c1-14-7-8-16-19(2,10-6-11-20(16,3)18(23)24-5)15(14)9-12-21(4)17(13-22)25-21/h15-17,22H,1,6-13H2,2-5H3/t15-,16+,17+,19+,20-,21-/m0/s1. The zero-order valence-electron chi connectivity index (χ0n) is 16.3. The van der Waals surface area contributed by atoms with Crippen LogP contribution in [0, 0.1) is 22.7 Å². The van der Waals surface area contributed by atoms with Crippen molar-refractivity contribution >= 4 is 5.97 Å². The van der Waals surface area contributed by atoms with E-state index in [4.69, 9.17) is 9.47 Å². The Kier molecular flexibility index (Phi) is 4.83. The maximum Gasteiger partial charge on any atom is 0.311 e. The molecule has 0 bridgehead atoms. The molecule has 0 aromatic carbocycles. The molecular formula is C21H34O4. The summed E-state index contributed by atoms with van der Waals surface area (Å²) in [6.45, 7) is 11.1. The number of allylic oxidation sites excluding steroid dienone is 1. The smallest absolute Gasteiger partial charge is 0.311 e. The Labute approximate surface area is 152 Å². The molecule has 3 aliphatic rings. The molecular weight excluding hydrogens is 316 g/mol. The van der Waals surface area contributed by atoms with E-state index in [1.54, 1.807) is 0 Å². The fourth-order valence-electron chi connectivity index (χ4n) is 6.13. The van der Waals surface area contributed by atoms with E-state index in [1.807, 2.05) is 0 Å². The van der Waals surface area contributed by atoms with Gasteiger partial charge >= 0.3 is 5.97 Å². The highest BCUT2D eigenvalue weighted by Gasteiger charge is 2.59. The zero-order chi connectivity index (χ0) is 18.5. The lowest BCUT2D eigenvalue weighted by molar-refractivity contribution is -0.168. The van der Waals surface area contributed by atoms with Crippen molar-refractivity contribution in [3.8, 4) is 0 Å². The third-order valence-corrected chi connectivity index (χ3v) is 7.80. The van der Waals surface area contributed by atoms with Crippen LogP contribution in [-0.4, -0.2) is 36.5 Å². The number of esters is 1. The Morgan fingerprint density at radius 1 is 1.36 bits per heavy atom. The van der Waals surface area contributed by atoms with Crippen LogP contribution in [0.5, 0.6) is 0 Å². The number of carbonyl (C=O) groups is 1. The summed E-state index contributed by atoms with van der Waals surface area (Å²) in [6.07, 6.45) is 7.12. The molecule has 4 heteroatoms. The summed E-state index contributed by atoms with van der Waals surface area (Å²) < 4.78 is 10.9. The number of rotatable bonds is 5. The highest BCUT2D eigenvalue weighted by atomic mass is 16.6. The normalized spacial score (nSPS) is 46.4. The average Bonchev–Trinajstić information content (AvgIpc) is 3.23. The van der Waals surface area contributed by atoms with Crippen molar-refractivity contribution < 1.29 is 19.4 Å². The van der Waals surface area contributed by atoms with Crippen LogP contribution in [0.25, 0.3) is 0 Å². The first-order valence-electron chi connectivity index (χ1n) is 9.76. The molecule has 3 fully saturated rings. The van der Waals surface area contributed by atoms with E-state index in [2.05, 4.69) is 27.4 Å². The number of fused-ring (bicyclic) bond motifs is 1. The molecule has 1 N–H and O–H groups in total. The van der Waals surface area contributed by atoms with E-state index in [-0.39, 0.29) is 35.1 Å². The molecule has 2 saturated carbocycles. The summed E-state index contributed by atoms with van der Waals surface area (Å²) in [7, 11) is 1.51. The molecule has 4 nitrogen and oxygen atoms in total. The molecule has 6 atom stereocenters. The van der Waals surface area contributed by atoms with Gasteiger partial charge in [-0.3, -0.25) is 4.79 Å². The second-order valence-corrected chi connectivity index (χ2v) is 9.21. The third-order valence-electron chi connectivity index (χ3n) is 7.80. The van der Waals surface area contributed by atoms with Crippen LogP contribution >= 0.6 is 0 Å². The van der Waals surface area contributed by atoms with Gasteiger partial charge in [0.1, 0.15) is 6.10 Å². The second kappa shape index (κ2) is 6.38. The maximum atomic E-state index is 12.6. The van der Waals surface area contributed by atoms with Gasteiger partial charge in [-0.15, -0.1) is 0 Å². The Hall–Kier alpha value is -0.870. The van der Waals surface area contributed by atoms with E-state index in [9.17, 15) is 9.90 Å². The third kappa shape index (κ3) is 2.95. The Morgan fingerprint density at radius 3 is 2.68 bits per heavy atom. The number of hydrogen-bond acceptors (Lipinski definition) is 4. The first-order valence-corrected chi connectivity index (χ1v) is 9.76. The molecule has 1 heterocycles. The number of ether oxygens (including phenoxy) is 2. The number of aliphatic hydroxyl groups excluding tert-OH is 1. The largest absolute Gasteiger partial charge is 0.469 e. The van der Waals surface area contributed by atoms with Crippen LogP contribution in [0.3, 0.4) is 0 Å². The fourth-order valence-corrected chi connectivity index (χ4v) is 6.13. The topological polar surface area (TPSA) is 59.1 Å². The lowest BCUT2D eigenvalue weighted by Gasteiger charge is -2.57. The molecule has 142 valence electrons. The van der Waals surface area contributed by atoms with Gasteiger partial charge in [0.15, 0.2) is 0 Å². The van der Waals surface area contributed by atoms with Crippen molar-refractivity contribution in [2.45, 2.75) is 77.4 Å². The van der Waals surface area contributed by atoms with Crippen LogP contribution in [0.2, 0.25) is 0 Å². The zero-order valence-corrected chi connectivity index (χ0v) is 16.3. The maximum absolute atomic E-state index is 12.6. The molecule has 0 amide bonds. The van der Waals surface area contributed by atoms with E-state index in [1.165, 1.54) is 12.7 Å². The minimum Gasteiger partial charge on any atom is -0.469 e. The van der Waals surface area contributed by atoms with Gasteiger partial charge in [0.2, 0.25) is 0 Å². The quantitative estimate of drug-likeness (QED) is 0.464. The first kappa shape index (κ1) is 18.9. The summed E-state index contributed by atoms with van der Waals surface area (Å²) in [5.74, 6) is 0.710. The van der Waals surface area contributed by atoms with Gasteiger partial charge < -0.3 is 14.6 Å². The van der Waals surface area contributed by atoms with E-state index in [0.717, 1.165) is 44.9 Å². The second-order valence-electron chi connectivity index (χ2n) is 9.21. The summed E-state index contributed by atoms with van der Waals surface area (Å²) in [5.41, 5.74) is 0.862. The monoisotopic (exact) mass is 350 g/mol. The predicted molar refractivity (Wildman–Crippen MR) is 97.0 cm³/mol. The van der Waals surface area contributed by atoms with Gasteiger partial charge in [-0.05, 0) is 69.6 Å². The Morgan fingerprint density at radius 2 is 2.08 bits per heavy atom. The summed E-state index contributed by atoms with van der Waals surface area (Å²) in [5, 5.41) is 9.33. The molecule has 0 spiro atoms. The number of hydrogen-bond donors (Lipinski definition) is 1. The molecule has 0 aromatic heterocycles. The molecule has 1 saturated heterocycles. The number of methoxy groups -OCH3 is 1. The Bertz CT molecular complexity index is 558. The number of carbonyl (C=O) groups excluding carboxylic acids is 1. The van der Waals surface area contributed by atoms with Crippen molar-refractivity contribution in [3.63, 3.8) is 0 Å². The van der Waals surface area contributed by atoms with E-state index in [0.29, 0.717) is 11.8 Å². The number of epoxide rings is 1. The first-order chi connectivity index (χ1) is 11.7. The molecule has 0 radical (unpaired) electrons. The summed E-state index contributed by atoms with van der Waals surface area (Å²) in [4.78, 5) is 12.6. The van der Waals surface area contributed by atoms with Crippen LogP contribution in [0.15, 0.2) is 12.2 Å². The molecule has 25 heavy (non-hydrogen) atoms. The fraction of sp³-hybridized carbons (Fsp3) is 0.857. The van der Waals surface area contributed by atoms with Gasteiger partial charge in [0, 0.05) is 0 Å². The minimum atomic E-state index is -0.381. The lowest BCUT2D eigenvalue weighted by Crippen LogP contribution is -2.53. The van der Waals surface area contributed by atoms with Crippen molar-refractivity contribution in [1.82, 2.24) is 0 Å². The van der Waals surface area contributed by atoms with Crippen molar-refractivity contribution in [2.24, 2.45) is 22.7 Å². The lowest BCUT2D eigenvalue weighted by atomic mass is 9.46.